The van der Waals surface area contributed by atoms with Gasteiger partial charge in [-0.3, -0.25) is 0 Å². The quantitative estimate of drug-likeness (QED) is 0.710. The number of ether oxygens (including phenoxy) is 3. The summed E-state index contributed by atoms with van der Waals surface area (Å²) >= 11 is 0. The third-order valence-corrected chi connectivity index (χ3v) is 6.96. The van der Waals surface area contributed by atoms with Gasteiger partial charge < -0.3 is 19.9 Å². The maximum atomic E-state index is 11.5. The summed E-state index contributed by atoms with van der Waals surface area (Å²) in [6, 6.07) is 0. The highest BCUT2D eigenvalue weighted by atomic mass is 16.6. The molecule has 0 bridgehead atoms. The summed E-state index contributed by atoms with van der Waals surface area (Å²) in [5.41, 5.74) is 5.42. The molecular formula is C20H33NO4. The molecule has 2 aliphatic carbocycles. The summed E-state index contributed by atoms with van der Waals surface area (Å²) < 4.78 is 16.4. The van der Waals surface area contributed by atoms with Gasteiger partial charge in [0.2, 0.25) is 0 Å². The highest BCUT2D eigenvalue weighted by Gasteiger charge is 2.39. The molecule has 0 aromatic heterocycles. The minimum Gasteiger partial charge on any atom is -0.446 e. The van der Waals surface area contributed by atoms with Crippen LogP contribution in [0.4, 0.5) is 4.79 Å². The second-order valence-corrected chi connectivity index (χ2v) is 8.85. The van der Waals surface area contributed by atoms with Crippen molar-refractivity contribution >= 4 is 6.09 Å². The molecule has 0 aromatic carbocycles. The first-order valence-electron chi connectivity index (χ1n) is 10.4. The van der Waals surface area contributed by atoms with Gasteiger partial charge in [-0.15, -0.1) is 0 Å². The van der Waals surface area contributed by atoms with E-state index in [9.17, 15) is 4.79 Å². The van der Waals surface area contributed by atoms with Crippen molar-refractivity contribution < 1.29 is 19.0 Å². The van der Waals surface area contributed by atoms with Gasteiger partial charge in [0.15, 0.2) is 0 Å². The van der Waals surface area contributed by atoms with E-state index in [4.69, 9.17) is 19.9 Å². The van der Waals surface area contributed by atoms with Crippen molar-refractivity contribution in [1.82, 2.24) is 0 Å². The van der Waals surface area contributed by atoms with E-state index in [0.717, 1.165) is 25.0 Å². The lowest BCUT2D eigenvalue weighted by molar-refractivity contribution is -0.00773. The number of amides is 1. The Morgan fingerprint density at radius 2 is 1.24 bits per heavy atom. The summed E-state index contributed by atoms with van der Waals surface area (Å²) in [6.45, 7) is 1.92. The van der Waals surface area contributed by atoms with Gasteiger partial charge >= 0.3 is 6.09 Å². The Bertz CT molecular complexity index is 413. The Morgan fingerprint density at radius 1 is 0.840 bits per heavy atom. The molecule has 2 aliphatic heterocycles. The number of hydrogen-bond donors (Lipinski definition) is 1. The molecule has 2 atom stereocenters. The van der Waals surface area contributed by atoms with Crippen molar-refractivity contribution in [3.05, 3.63) is 0 Å². The fraction of sp³-hybridized carbons (Fsp3) is 0.950. The van der Waals surface area contributed by atoms with Gasteiger partial charge in [0, 0.05) is 0 Å². The van der Waals surface area contributed by atoms with Crippen LogP contribution in [0.2, 0.25) is 0 Å². The number of carbonyl (C=O) groups excluding carboxylic acids is 1. The van der Waals surface area contributed by atoms with E-state index >= 15 is 0 Å². The number of primary amides is 1. The molecule has 2 unspecified atom stereocenters. The summed E-state index contributed by atoms with van der Waals surface area (Å²) in [6.07, 6.45) is 12.6. The maximum Gasteiger partial charge on any atom is 0.404 e. The molecule has 0 aromatic rings. The minimum atomic E-state index is -0.591. The maximum absolute atomic E-state index is 11.5. The molecule has 0 radical (unpaired) electrons. The third kappa shape index (κ3) is 5.10. The monoisotopic (exact) mass is 351 g/mol. The largest absolute Gasteiger partial charge is 0.446 e. The van der Waals surface area contributed by atoms with Crippen molar-refractivity contribution in [3.63, 3.8) is 0 Å². The van der Waals surface area contributed by atoms with E-state index in [1.807, 2.05) is 0 Å². The molecule has 25 heavy (non-hydrogen) atoms. The van der Waals surface area contributed by atoms with E-state index < -0.39 is 6.09 Å². The second-order valence-electron chi connectivity index (χ2n) is 8.85. The van der Waals surface area contributed by atoms with Crippen molar-refractivity contribution in [2.75, 3.05) is 13.2 Å². The van der Waals surface area contributed by atoms with Crippen LogP contribution in [0.3, 0.4) is 0 Å². The zero-order valence-corrected chi connectivity index (χ0v) is 15.2. The molecule has 4 fully saturated rings. The summed E-state index contributed by atoms with van der Waals surface area (Å²) in [5.74, 6) is 2.59. The lowest BCUT2D eigenvalue weighted by Crippen LogP contribution is -2.39. The molecule has 5 nitrogen and oxygen atoms in total. The predicted octanol–water partition coefficient (Wildman–Crippen LogP) is 3.64. The number of rotatable bonds is 7. The minimum absolute atomic E-state index is 0.0359. The van der Waals surface area contributed by atoms with Gasteiger partial charge in [-0.25, -0.2) is 4.79 Å². The zero-order chi connectivity index (χ0) is 17.2. The van der Waals surface area contributed by atoms with Crippen LogP contribution in [0.15, 0.2) is 0 Å². The molecule has 142 valence electrons. The van der Waals surface area contributed by atoms with Gasteiger partial charge in [0.1, 0.15) is 6.10 Å². The zero-order valence-electron chi connectivity index (χ0n) is 15.2. The molecule has 2 N–H and O–H groups in total. The predicted molar refractivity (Wildman–Crippen MR) is 94.1 cm³/mol. The van der Waals surface area contributed by atoms with Crippen LogP contribution in [-0.4, -0.2) is 37.6 Å². The highest BCUT2D eigenvalue weighted by molar-refractivity contribution is 5.64. The molecule has 1 amide bonds. The van der Waals surface area contributed by atoms with Crippen LogP contribution in [0, 0.1) is 23.7 Å². The van der Waals surface area contributed by atoms with Gasteiger partial charge in [-0.1, -0.05) is 0 Å². The highest BCUT2D eigenvalue weighted by Crippen LogP contribution is 2.42. The van der Waals surface area contributed by atoms with E-state index in [1.54, 1.807) is 0 Å². The summed E-state index contributed by atoms with van der Waals surface area (Å²) in [5, 5.41) is 0. The van der Waals surface area contributed by atoms with Crippen LogP contribution in [0.25, 0.3) is 0 Å². The number of epoxide rings is 2. The van der Waals surface area contributed by atoms with Crippen molar-refractivity contribution in [3.8, 4) is 0 Å². The first kappa shape index (κ1) is 17.6. The normalized spacial score (nSPS) is 41.8. The molecular weight excluding hydrogens is 318 g/mol. The van der Waals surface area contributed by atoms with E-state index in [-0.39, 0.29) is 6.10 Å². The average molecular weight is 351 g/mol. The Labute approximate surface area is 150 Å². The number of carbonyl (C=O) groups is 1. The summed E-state index contributed by atoms with van der Waals surface area (Å²) in [7, 11) is 0. The number of hydrogen-bond acceptors (Lipinski definition) is 4. The Morgan fingerprint density at radius 3 is 1.56 bits per heavy atom. The SMILES string of the molecule is NC(=O)OC(C1CCC(CC2CO2)CC1)C1CCC(CC2CO2)CC1. The standard InChI is InChI=1S/C20H33NO4/c21-20(22)25-19(15-5-1-13(2-6-15)9-17-11-23-17)16-7-3-14(4-8-16)10-18-12-24-18/h13-19H,1-12H2,(H2,21,22). The molecule has 2 saturated carbocycles. The van der Waals surface area contributed by atoms with Crippen LogP contribution in [0.1, 0.15) is 64.2 Å². The Kier molecular flexibility index (Phi) is 5.51. The first-order valence-corrected chi connectivity index (χ1v) is 10.4. The van der Waals surface area contributed by atoms with Crippen molar-refractivity contribution in [2.45, 2.75) is 82.5 Å². The fourth-order valence-corrected chi connectivity index (χ4v) is 5.37. The third-order valence-electron chi connectivity index (χ3n) is 6.96. The molecule has 0 spiro atoms. The van der Waals surface area contributed by atoms with Gasteiger partial charge in [0.25, 0.3) is 0 Å². The smallest absolute Gasteiger partial charge is 0.404 e. The molecule has 2 heterocycles. The van der Waals surface area contributed by atoms with Crippen molar-refractivity contribution in [2.24, 2.45) is 29.4 Å². The molecule has 4 aliphatic rings. The van der Waals surface area contributed by atoms with Crippen LogP contribution >= 0.6 is 0 Å². The van der Waals surface area contributed by atoms with E-state index in [0.29, 0.717) is 24.0 Å². The van der Waals surface area contributed by atoms with Gasteiger partial charge in [-0.2, -0.15) is 0 Å². The van der Waals surface area contributed by atoms with Crippen LogP contribution < -0.4 is 5.73 Å². The lowest BCUT2D eigenvalue weighted by Gasteiger charge is -2.39. The average Bonchev–Trinajstić information content (AvgIpc) is 3.51. The van der Waals surface area contributed by atoms with Gasteiger partial charge in [0.05, 0.1) is 25.4 Å². The summed E-state index contributed by atoms with van der Waals surface area (Å²) in [4.78, 5) is 11.5. The molecule has 4 rings (SSSR count). The fourth-order valence-electron chi connectivity index (χ4n) is 5.37. The van der Waals surface area contributed by atoms with Gasteiger partial charge in [-0.05, 0) is 87.9 Å². The molecule has 5 heteroatoms. The topological polar surface area (TPSA) is 77.4 Å². The Balaban J connectivity index is 1.28. The van der Waals surface area contributed by atoms with Crippen molar-refractivity contribution in [1.29, 1.82) is 0 Å². The first-order chi connectivity index (χ1) is 12.2. The van der Waals surface area contributed by atoms with E-state index in [1.165, 1.54) is 64.2 Å². The number of nitrogens with two attached hydrogens (primary N) is 1. The lowest BCUT2D eigenvalue weighted by atomic mass is 9.70. The van der Waals surface area contributed by atoms with Crippen LogP contribution in [0.5, 0.6) is 0 Å². The van der Waals surface area contributed by atoms with E-state index in [2.05, 4.69) is 0 Å². The molecule has 2 saturated heterocycles. The second kappa shape index (κ2) is 7.83. The Hall–Kier alpha value is -0.810. The van der Waals surface area contributed by atoms with Crippen LogP contribution in [-0.2, 0) is 14.2 Å².